The Bertz CT molecular complexity index is 1970. The van der Waals surface area contributed by atoms with Crippen molar-refractivity contribution in [2.75, 3.05) is 10.6 Å². The number of hydrogen-bond donors (Lipinski definition) is 2. The first-order valence-electron chi connectivity index (χ1n) is 13.5. The third-order valence-electron chi connectivity index (χ3n) is 8.02. The standard InChI is InChI=1S/C36H25FN2S/c37-27-18-14-24(15-19-27)32-21-17-26-13-12-25-16-20-31(38-34(25)35(26)39-32)23-10-8-22(9-11-23)28-5-3-6-30-29-4-1-2-7-33(29)40-36(28)30/h1-21,31-32,38-39H. The normalized spacial score (nSPS) is 17.3. The van der Waals surface area contributed by atoms with Crippen LogP contribution in [0, 0.1) is 5.82 Å². The fourth-order valence-electron chi connectivity index (χ4n) is 5.93. The molecule has 2 N–H and O–H groups in total. The van der Waals surface area contributed by atoms with Gasteiger partial charge in [-0.3, -0.25) is 0 Å². The zero-order valence-electron chi connectivity index (χ0n) is 21.6. The van der Waals surface area contributed by atoms with Crippen molar-refractivity contribution in [3.05, 3.63) is 143 Å². The molecule has 2 aliphatic heterocycles. The third kappa shape index (κ3) is 3.83. The maximum atomic E-state index is 13.5. The highest BCUT2D eigenvalue weighted by Gasteiger charge is 2.23. The minimum absolute atomic E-state index is 0.0124. The molecule has 0 amide bonds. The first-order chi connectivity index (χ1) is 19.7. The van der Waals surface area contributed by atoms with Gasteiger partial charge in [0, 0.05) is 20.2 Å². The highest BCUT2D eigenvalue weighted by molar-refractivity contribution is 7.26. The summed E-state index contributed by atoms with van der Waals surface area (Å²) in [7, 11) is 0. The van der Waals surface area contributed by atoms with Crippen molar-refractivity contribution in [1.29, 1.82) is 0 Å². The molecule has 3 heterocycles. The Balaban J connectivity index is 1.10. The van der Waals surface area contributed by atoms with Gasteiger partial charge in [0.25, 0.3) is 0 Å². The number of nitrogens with one attached hydrogen (secondary N) is 2. The highest BCUT2D eigenvalue weighted by Crippen LogP contribution is 2.43. The van der Waals surface area contributed by atoms with E-state index < -0.39 is 0 Å². The molecule has 0 saturated carbocycles. The Labute approximate surface area is 236 Å². The van der Waals surface area contributed by atoms with Gasteiger partial charge in [-0.2, -0.15) is 0 Å². The largest absolute Gasteiger partial charge is 0.373 e. The molecule has 2 atom stereocenters. The molecule has 0 saturated heterocycles. The lowest BCUT2D eigenvalue weighted by atomic mass is 9.93. The molecule has 2 aliphatic rings. The van der Waals surface area contributed by atoms with Crippen molar-refractivity contribution in [3.8, 4) is 11.1 Å². The molecule has 0 aliphatic carbocycles. The van der Waals surface area contributed by atoms with Gasteiger partial charge in [0.2, 0.25) is 0 Å². The molecule has 0 bridgehead atoms. The number of anilines is 2. The third-order valence-corrected chi connectivity index (χ3v) is 9.24. The van der Waals surface area contributed by atoms with E-state index in [1.54, 1.807) is 0 Å². The van der Waals surface area contributed by atoms with Crippen LogP contribution in [0.15, 0.2) is 115 Å². The molecular weight excluding hydrogens is 511 g/mol. The predicted molar refractivity (Wildman–Crippen MR) is 168 cm³/mol. The van der Waals surface area contributed by atoms with Gasteiger partial charge in [-0.25, -0.2) is 4.39 Å². The molecule has 0 spiro atoms. The summed E-state index contributed by atoms with van der Waals surface area (Å²) in [4.78, 5) is 0. The van der Waals surface area contributed by atoms with E-state index in [1.807, 2.05) is 23.5 Å². The van der Waals surface area contributed by atoms with Crippen molar-refractivity contribution in [2.45, 2.75) is 12.1 Å². The number of hydrogen-bond acceptors (Lipinski definition) is 3. The van der Waals surface area contributed by atoms with Crippen molar-refractivity contribution in [2.24, 2.45) is 0 Å². The van der Waals surface area contributed by atoms with E-state index in [-0.39, 0.29) is 17.9 Å². The van der Waals surface area contributed by atoms with Gasteiger partial charge in [-0.15, -0.1) is 11.3 Å². The number of fused-ring (bicyclic) bond motifs is 6. The first-order valence-corrected chi connectivity index (χ1v) is 14.4. The fourth-order valence-corrected chi connectivity index (χ4v) is 7.17. The van der Waals surface area contributed by atoms with Crippen LogP contribution in [0.25, 0.3) is 43.5 Å². The molecule has 2 unspecified atom stereocenters. The van der Waals surface area contributed by atoms with Crippen molar-refractivity contribution in [1.82, 2.24) is 0 Å². The Kier molecular flexibility index (Phi) is 5.35. The summed E-state index contributed by atoms with van der Waals surface area (Å²) >= 11 is 1.87. The molecule has 40 heavy (non-hydrogen) atoms. The minimum atomic E-state index is -0.220. The van der Waals surface area contributed by atoms with Crippen LogP contribution in [0.2, 0.25) is 0 Å². The average molecular weight is 537 g/mol. The second kappa shape index (κ2) is 9.22. The zero-order valence-corrected chi connectivity index (χ0v) is 22.4. The minimum Gasteiger partial charge on any atom is -0.373 e. The molecule has 192 valence electrons. The van der Waals surface area contributed by atoms with Gasteiger partial charge < -0.3 is 10.6 Å². The number of benzene rings is 5. The lowest BCUT2D eigenvalue weighted by Crippen LogP contribution is -2.18. The molecule has 0 fully saturated rings. The molecular formula is C36H25FN2S. The van der Waals surface area contributed by atoms with E-state index in [0.29, 0.717) is 0 Å². The molecule has 8 rings (SSSR count). The van der Waals surface area contributed by atoms with Gasteiger partial charge in [0.05, 0.1) is 23.5 Å². The van der Waals surface area contributed by atoms with Crippen LogP contribution in [-0.2, 0) is 0 Å². The maximum absolute atomic E-state index is 13.5. The summed E-state index contributed by atoms with van der Waals surface area (Å²) < 4.78 is 16.2. The SMILES string of the molecule is Fc1ccc(C2C=Cc3ccc4c(c3N2)NC(c2ccc(-c3cccc5c3sc3ccccc35)cc2)C=C4)cc1. The average Bonchev–Trinajstić information content (AvgIpc) is 3.40. The van der Waals surface area contributed by atoms with E-state index in [1.165, 1.54) is 49.0 Å². The summed E-state index contributed by atoms with van der Waals surface area (Å²) in [6.07, 6.45) is 8.72. The smallest absolute Gasteiger partial charge is 0.123 e. The summed E-state index contributed by atoms with van der Waals surface area (Å²) in [6.45, 7) is 0. The second-order valence-corrected chi connectivity index (χ2v) is 11.5. The van der Waals surface area contributed by atoms with Crippen LogP contribution >= 0.6 is 11.3 Å². The molecule has 6 aromatic rings. The van der Waals surface area contributed by atoms with Crippen molar-refractivity contribution in [3.63, 3.8) is 0 Å². The van der Waals surface area contributed by atoms with E-state index >= 15 is 0 Å². The zero-order chi connectivity index (χ0) is 26.6. The monoisotopic (exact) mass is 536 g/mol. The second-order valence-electron chi connectivity index (χ2n) is 10.4. The van der Waals surface area contributed by atoms with E-state index in [0.717, 1.165) is 28.1 Å². The fraction of sp³-hybridized carbons (Fsp3) is 0.0556. The van der Waals surface area contributed by atoms with E-state index in [9.17, 15) is 4.39 Å². The van der Waals surface area contributed by atoms with Gasteiger partial charge in [0.15, 0.2) is 0 Å². The highest BCUT2D eigenvalue weighted by atomic mass is 32.1. The van der Waals surface area contributed by atoms with E-state index in [4.69, 9.17) is 0 Å². The van der Waals surface area contributed by atoms with Crippen LogP contribution in [0.4, 0.5) is 15.8 Å². The molecule has 0 radical (unpaired) electrons. The Hall–Kier alpha value is -4.67. The summed E-state index contributed by atoms with van der Waals surface area (Å²) in [5.74, 6) is -0.220. The predicted octanol–water partition coefficient (Wildman–Crippen LogP) is 10.2. The first kappa shape index (κ1) is 23.2. The quantitative estimate of drug-likeness (QED) is 0.235. The molecule has 1 aromatic heterocycles. The van der Waals surface area contributed by atoms with Gasteiger partial charge in [-0.1, -0.05) is 109 Å². The summed E-state index contributed by atoms with van der Waals surface area (Å²) in [5.41, 5.74) is 9.24. The van der Waals surface area contributed by atoms with Crippen LogP contribution in [0.1, 0.15) is 34.3 Å². The number of rotatable bonds is 3. The van der Waals surface area contributed by atoms with Gasteiger partial charge >= 0.3 is 0 Å². The van der Waals surface area contributed by atoms with Crippen LogP contribution < -0.4 is 10.6 Å². The van der Waals surface area contributed by atoms with Gasteiger partial charge in [-0.05, 0) is 51.6 Å². The maximum Gasteiger partial charge on any atom is 0.123 e. The van der Waals surface area contributed by atoms with Gasteiger partial charge in [0.1, 0.15) is 5.82 Å². The lowest BCUT2D eigenvalue weighted by Gasteiger charge is -2.30. The topological polar surface area (TPSA) is 24.1 Å². The van der Waals surface area contributed by atoms with Crippen LogP contribution in [0.3, 0.4) is 0 Å². The van der Waals surface area contributed by atoms with Crippen molar-refractivity contribution >= 4 is 55.0 Å². The number of thiophene rings is 1. The van der Waals surface area contributed by atoms with Crippen LogP contribution in [-0.4, -0.2) is 0 Å². The molecule has 2 nitrogen and oxygen atoms in total. The van der Waals surface area contributed by atoms with Crippen LogP contribution in [0.5, 0.6) is 0 Å². The van der Waals surface area contributed by atoms with E-state index in [2.05, 4.69) is 114 Å². The summed E-state index contributed by atoms with van der Waals surface area (Å²) in [6, 6.07) is 35.3. The Morgan fingerprint density at radius 3 is 1.85 bits per heavy atom. The number of halogens is 1. The molecule has 5 aromatic carbocycles. The Morgan fingerprint density at radius 2 is 1.18 bits per heavy atom. The lowest BCUT2D eigenvalue weighted by molar-refractivity contribution is 0.627. The van der Waals surface area contributed by atoms with Crippen molar-refractivity contribution < 1.29 is 4.39 Å². The Morgan fingerprint density at radius 1 is 0.575 bits per heavy atom. The molecule has 4 heteroatoms. The summed E-state index contributed by atoms with van der Waals surface area (Å²) in [5, 5.41) is 10.1.